The van der Waals surface area contributed by atoms with Crippen molar-refractivity contribution in [2.45, 2.75) is 110 Å². The normalized spacial score (nSPS) is 24.8. The van der Waals surface area contributed by atoms with Gasteiger partial charge in [-0.3, -0.25) is 48.2 Å². The summed E-state index contributed by atoms with van der Waals surface area (Å²) >= 11 is 18.2. The van der Waals surface area contributed by atoms with Gasteiger partial charge in [0.2, 0.25) is 10.1 Å². The van der Waals surface area contributed by atoms with Crippen molar-refractivity contribution in [3.05, 3.63) is 239 Å². The van der Waals surface area contributed by atoms with Crippen LogP contribution in [0.25, 0.3) is 0 Å². The summed E-state index contributed by atoms with van der Waals surface area (Å²) in [7, 11) is 1.41. The van der Waals surface area contributed by atoms with Crippen LogP contribution in [0.3, 0.4) is 0 Å². The Kier molecular flexibility index (Phi) is 24.7. The molecule has 110 heavy (non-hydrogen) atoms. The first-order valence-electron chi connectivity index (χ1n) is 34.1. The molecule has 0 unspecified atom stereocenters. The number of rotatable bonds is 25. The minimum Gasteiger partial charge on any atom is -0.497 e. The van der Waals surface area contributed by atoms with Crippen LogP contribution >= 0.6 is 34.8 Å². The molecule has 29 nitrogen and oxygen atoms in total. The van der Waals surface area contributed by atoms with Gasteiger partial charge < -0.3 is 71.1 Å². The van der Waals surface area contributed by atoms with E-state index in [9.17, 15) is 33.6 Å². The molecule has 3 saturated heterocycles. The summed E-state index contributed by atoms with van der Waals surface area (Å²) in [6.45, 7) is -0.935. The van der Waals surface area contributed by atoms with Gasteiger partial charge in [-0.05, 0) is 97.1 Å². The molecule has 5 heterocycles. The van der Waals surface area contributed by atoms with Gasteiger partial charge in [0.1, 0.15) is 61.0 Å². The quantitative estimate of drug-likeness (QED) is 0.0224. The Balaban J connectivity index is 1.03. The van der Waals surface area contributed by atoms with Crippen molar-refractivity contribution in [3.8, 4) is 11.5 Å². The van der Waals surface area contributed by atoms with E-state index in [0.717, 1.165) is 25.7 Å². The number of hydrogen-bond acceptors (Lipinski definition) is 27. The number of carbonyl (C=O) groups is 12. The lowest BCUT2D eigenvalue weighted by Gasteiger charge is -2.49. The van der Waals surface area contributed by atoms with Crippen LogP contribution in [0.15, 0.2) is 194 Å². The van der Waals surface area contributed by atoms with E-state index in [1.165, 1.54) is 177 Å². The van der Waals surface area contributed by atoms with Crippen molar-refractivity contribution in [2.75, 3.05) is 33.5 Å². The smallest absolute Gasteiger partial charge is 0.338 e. The Morgan fingerprint density at radius 1 is 0.373 bits per heavy atom. The maximum Gasteiger partial charge on any atom is 0.338 e. The largest absolute Gasteiger partial charge is 0.497 e. The van der Waals surface area contributed by atoms with E-state index in [-0.39, 0.29) is 50.3 Å². The summed E-state index contributed by atoms with van der Waals surface area (Å²) < 4.78 is 91.5. The highest BCUT2D eigenvalue weighted by atomic mass is 35.6. The maximum atomic E-state index is 15.4. The van der Waals surface area contributed by atoms with Crippen LogP contribution in [0.1, 0.15) is 104 Å². The first kappa shape index (κ1) is 78.4. The molecule has 12 rings (SSSR count). The predicted molar refractivity (Wildman–Crippen MR) is 378 cm³/mol. The second-order valence-corrected chi connectivity index (χ2v) is 27.8. The van der Waals surface area contributed by atoms with Gasteiger partial charge in [-0.1, -0.05) is 132 Å². The SMILES string of the molecule is COc1ccc(O[C@@H]2O[C@H](CO[C@@H]3O[C@H](CO[C@@H]4O[C@H](COC(C)=O)[C@@H](OC(C)=O)[C@H](OC(C)=O)[C@H]4C(=O)OCC(Cl)(Cl)Cl)[C@@H](OC(=O)c4ccccc4)[C@H](OC(=O)c4ccccc4)[C@H]3N3C(=O)c4ccccc4C3=O)[C@@H](OC(=O)c3ccccc3)[C@H](OC(=O)c3ccccc3)[C@H]2N2C(=O)c3ccccc3C2=O)cc1. The number of methoxy groups -OCH3 is 1. The molecular weight excluding hydrogens is 1500 g/mol. The summed E-state index contributed by atoms with van der Waals surface area (Å²) in [6, 6.07) is 42.7. The average Bonchev–Trinajstić information content (AvgIpc) is 1.52. The van der Waals surface area contributed by atoms with Crippen LogP contribution in [0, 0.1) is 5.92 Å². The number of alkyl halides is 3. The lowest BCUT2D eigenvalue weighted by atomic mass is 9.90. The zero-order valence-electron chi connectivity index (χ0n) is 58.5. The fourth-order valence-corrected chi connectivity index (χ4v) is 13.3. The molecule has 7 aromatic carbocycles. The Morgan fingerprint density at radius 2 is 0.700 bits per heavy atom. The van der Waals surface area contributed by atoms with Crippen LogP contribution < -0.4 is 9.47 Å². The molecule has 3 fully saturated rings. The van der Waals surface area contributed by atoms with Crippen LogP contribution in [0.5, 0.6) is 11.5 Å². The molecule has 0 N–H and O–H groups in total. The number of hydrogen-bond donors (Lipinski definition) is 0. The molecule has 32 heteroatoms. The predicted octanol–water partition coefficient (Wildman–Crippen LogP) is 8.47. The van der Waals surface area contributed by atoms with E-state index < -0.39 is 193 Å². The van der Waals surface area contributed by atoms with Crippen LogP contribution in [-0.4, -0.2) is 204 Å². The third-order valence-corrected chi connectivity index (χ3v) is 18.3. The average molecular weight is 1570 g/mol. The molecule has 4 amide bonds. The highest BCUT2D eigenvalue weighted by Crippen LogP contribution is 2.42. The van der Waals surface area contributed by atoms with Gasteiger partial charge in [-0.15, -0.1) is 0 Å². The summed E-state index contributed by atoms with van der Waals surface area (Å²) in [5.41, 5.74) is -0.961. The molecule has 0 saturated carbocycles. The number of esters is 8. The standard InChI is InChI=1S/C78H67Cl3N2O27/c1-41(84)97-37-54-60(101-42(2)85)63(102-43(3)86)57(74(95)100-40-78(79,80)81)75(104-54)98-38-55-61(107-70(91)44-21-9-5-10-22-44)64(109-72(93)46-25-13-7-14-26-46)58(82-66(87)50-29-17-18-30-51(50)67(82)88)76(105-55)99-39-56-62(108-71(92)45-23-11-6-12-24-45)65(110-73(94)47-27-15-8-16-28-47)59(77(106-56)103-49-35-33-48(96-4)34-36-49)83-68(89)52-31-19-20-32-53(52)69(83)90/h5-36,54-65,75-77H,37-40H2,1-4H3/t54-,55-,56-,57+,58-,59-,60-,61-,62-,63-,64-,65-,75-,76-,77-/m1/s1. The Labute approximate surface area is 641 Å². The molecular formula is C78H67Cl3N2O27. The lowest BCUT2D eigenvalue weighted by Crippen LogP contribution is -2.70. The number of ether oxygens (including phenoxy) is 15. The van der Waals surface area contributed by atoms with E-state index in [1.807, 2.05) is 0 Å². The molecule has 0 aromatic heterocycles. The van der Waals surface area contributed by atoms with Gasteiger partial charge in [0.25, 0.3) is 23.6 Å². The minimum absolute atomic E-state index is 0.00488. The molecule has 5 aliphatic rings. The van der Waals surface area contributed by atoms with Crippen molar-refractivity contribution >= 4 is 106 Å². The number of carbonyl (C=O) groups excluding carboxylic acids is 12. The molecule has 15 atom stereocenters. The van der Waals surface area contributed by atoms with Gasteiger partial charge in [0.15, 0.2) is 49.2 Å². The number of nitrogens with zero attached hydrogens (tertiary/aromatic N) is 2. The van der Waals surface area contributed by atoms with E-state index in [1.54, 1.807) is 24.3 Å². The van der Waals surface area contributed by atoms with Crippen molar-refractivity contribution < 1.29 is 129 Å². The van der Waals surface area contributed by atoms with Gasteiger partial charge >= 0.3 is 47.8 Å². The maximum absolute atomic E-state index is 15.4. The molecule has 0 bridgehead atoms. The fourth-order valence-electron chi connectivity index (χ4n) is 13.1. The number of benzene rings is 7. The summed E-state index contributed by atoms with van der Waals surface area (Å²) in [5.74, 6) is -14.6. The van der Waals surface area contributed by atoms with Crippen molar-refractivity contribution in [1.29, 1.82) is 0 Å². The number of fused-ring (bicyclic) bond motifs is 2. The molecule has 5 aliphatic heterocycles. The topological polar surface area (TPSA) is 350 Å². The first-order chi connectivity index (χ1) is 52.9. The third-order valence-electron chi connectivity index (χ3n) is 18.0. The monoisotopic (exact) mass is 1570 g/mol. The zero-order chi connectivity index (χ0) is 78.1. The highest BCUT2D eigenvalue weighted by molar-refractivity contribution is 6.67. The summed E-state index contributed by atoms with van der Waals surface area (Å²) in [5, 5.41) is 0. The Morgan fingerprint density at radius 3 is 1.08 bits per heavy atom. The Bertz CT molecular complexity index is 4520. The summed E-state index contributed by atoms with van der Waals surface area (Å²) in [6.07, 6.45) is -24.3. The minimum atomic E-state index is -2.29. The molecule has 7 aromatic rings. The number of halogens is 3. The van der Waals surface area contributed by atoms with Crippen molar-refractivity contribution in [1.82, 2.24) is 9.80 Å². The molecule has 0 radical (unpaired) electrons. The first-order valence-corrected chi connectivity index (χ1v) is 35.2. The highest BCUT2D eigenvalue weighted by Gasteiger charge is 2.62. The van der Waals surface area contributed by atoms with E-state index in [4.69, 9.17) is 106 Å². The van der Waals surface area contributed by atoms with Crippen LogP contribution in [-0.2, 0) is 80.8 Å². The zero-order valence-corrected chi connectivity index (χ0v) is 60.8. The van der Waals surface area contributed by atoms with Crippen LogP contribution in [0.2, 0.25) is 0 Å². The molecule has 0 spiro atoms. The van der Waals surface area contributed by atoms with Gasteiger partial charge in [-0.2, -0.15) is 0 Å². The van der Waals surface area contributed by atoms with Crippen molar-refractivity contribution in [3.63, 3.8) is 0 Å². The summed E-state index contributed by atoms with van der Waals surface area (Å²) in [4.78, 5) is 176. The fraction of sp³-hybridized carbons (Fsp3) is 0.308. The van der Waals surface area contributed by atoms with Crippen LogP contribution in [0.4, 0.5) is 0 Å². The third kappa shape index (κ3) is 17.8. The van der Waals surface area contributed by atoms with Gasteiger partial charge in [-0.25, -0.2) is 19.2 Å². The van der Waals surface area contributed by atoms with Gasteiger partial charge in [0, 0.05) is 20.8 Å². The van der Waals surface area contributed by atoms with E-state index in [0.29, 0.717) is 10.6 Å². The van der Waals surface area contributed by atoms with E-state index >= 15 is 24.0 Å². The Hall–Kier alpha value is -11.2. The second-order valence-electron chi connectivity index (χ2n) is 25.3. The lowest BCUT2D eigenvalue weighted by molar-refractivity contribution is -0.321. The number of imide groups is 2. The molecule has 0 aliphatic carbocycles. The van der Waals surface area contributed by atoms with Gasteiger partial charge in [0.05, 0.1) is 64.8 Å². The van der Waals surface area contributed by atoms with Crippen molar-refractivity contribution in [2.24, 2.45) is 5.92 Å². The number of amides is 4. The molecule has 572 valence electrons. The second kappa shape index (κ2) is 34.6. The van der Waals surface area contributed by atoms with E-state index in [2.05, 4.69) is 0 Å².